The number of carbonyl (C=O) groups excluding carboxylic acids is 1. The molecule has 1 heterocycles. The number of anilines is 1. The molecule has 0 radical (unpaired) electrons. The molecule has 1 N–H and O–H groups in total. The second kappa shape index (κ2) is 9.42. The van der Waals surface area contributed by atoms with Crippen molar-refractivity contribution in [3.05, 3.63) is 43.7 Å². The molecule has 0 aliphatic rings. The second-order valence-electron chi connectivity index (χ2n) is 4.59. The van der Waals surface area contributed by atoms with E-state index in [9.17, 15) is 9.18 Å². The van der Waals surface area contributed by atoms with Gasteiger partial charge in [0, 0.05) is 19.8 Å². The molecule has 0 saturated carbocycles. The van der Waals surface area contributed by atoms with Gasteiger partial charge in [-0.05, 0) is 47.2 Å². The SMILES string of the molecule is CCOC(=O)Cc1csc(NN=Cc2cc(F)c(CBr)c(I)c2)n1. The van der Waals surface area contributed by atoms with Crippen LogP contribution in [0.15, 0.2) is 22.6 Å². The van der Waals surface area contributed by atoms with Gasteiger partial charge in [-0.15, -0.1) is 11.3 Å². The Kier molecular flexibility index (Phi) is 7.56. The lowest BCUT2D eigenvalue weighted by Gasteiger charge is -2.04. The fraction of sp³-hybridized carbons (Fsp3) is 0.267. The van der Waals surface area contributed by atoms with Gasteiger partial charge in [0.15, 0.2) is 0 Å². The number of ether oxygens (including phenoxy) is 1. The number of carbonyl (C=O) groups is 1. The van der Waals surface area contributed by atoms with Crippen LogP contribution in [0.2, 0.25) is 0 Å². The highest BCUT2D eigenvalue weighted by Crippen LogP contribution is 2.21. The molecule has 5 nitrogen and oxygen atoms in total. The number of hydrazone groups is 1. The summed E-state index contributed by atoms with van der Waals surface area (Å²) in [6.45, 7) is 2.11. The van der Waals surface area contributed by atoms with Gasteiger partial charge in [0.05, 0.1) is 24.9 Å². The quantitative estimate of drug-likeness (QED) is 0.192. The van der Waals surface area contributed by atoms with Gasteiger partial charge in [-0.2, -0.15) is 5.10 Å². The van der Waals surface area contributed by atoms with Crippen LogP contribution in [0.1, 0.15) is 23.7 Å². The monoisotopic (exact) mass is 525 g/mol. The van der Waals surface area contributed by atoms with E-state index < -0.39 is 0 Å². The first-order valence-corrected chi connectivity index (χ1v) is 10.0. The minimum absolute atomic E-state index is 0.132. The Bertz CT molecular complexity index is 731. The first-order chi connectivity index (χ1) is 11.5. The standard InChI is InChI=1S/C15H14BrFIN3O2S/c1-2-23-14(22)5-10-8-24-15(20-10)21-19-7-9-3-12(17)11(6-16)13(18)4-9/h3-4,7-8H,2,5-6H2,1H3,(H,20,21). The van der Waals surface area contributed by atoms with Gasteiger partial charge in [-0.3, -0.25) is 10.2 Å². The molecule has 0 amide bonds. The van der Waals surface area contributed by atoms with E-state index >= 15 is 0 Å². The molecule has 0 unspecified atom stereocenters. The Labute approximate surface area is 165 Å². The van der Waals surface area contributed by atoms with Crippen LogP contribution < -0.4 is 5.43 Å². The van der Waals surface area contributed by atoms with Crippen molar-refractivity contribution >= 4 is 67.2 Å². The molecule has 24 heavy (non-hydrogen) atoms. The molecule has 9 heteroatoms. The molecule has 0 atom stereocenters. The van der Waals surface area contributed by atoms with Crippen LogP contribution in [0.4, 0.5) is 9.52 Å². The third kappa shape index (κ3) is 5.49. The molecule has 0 fully saturated rings. The molecule has 1 aromatic carbocycles. The van der Waals surface area contributed by atoms with Crippen LogP contribution in [0, 0.1) is 9.39 Å². The molecule has 1 aromatic heterocycles. The number of hydrogen-bond donors (Lipinski definition) is 1. The number of aromatic nitrogens is 1. The van der Waals surface area contributed by atoms with Crippen molar-refractivity contribution in [2.24, 2.45) is 5.10 Å². The van der Waals surface area contributed by atoms with Crippen LogP contribution in [0.5, 0.6) is 0 Å². The minimum Gasteiger partial charge on any atom is -0.466 e. The molecule has 2 rings (SSSR count). The number of benzene rings is 1. The maximum atomic E-state index is 13.9. The lowest BCUT2D eigenvalue weighted by Crippen LogP contribution is -2.07. The number of alkyl halides is 1. The highest BCUT2D eigenvalue weighted by Gasteiger charge is 2.09. The molecular weight excluding hydrogens is 512 g/mol. The summed E-state index contributed by atoms with van der Waals surface area (Å²) in [7, 11) is 0. The predicted molar refractivity (Wildman–Crippen MR) is 105 cm³/mol. The minimum atomic E-state index is -0.310. The van der Waals surface area contributed by atoms with E-state index in [4.69, 9.17) is 4.74 Å². The second-order valence-corrected chi connectivity index (χ2v) is 7.17. The summed E-state index contributed by atoms with van der Waals surface area (Å²) in [4.78, 5) is 15.6. The Hall–Kier alpha value is -1.07. The van der Waals surface area contributed by atoms with Crippen molar-refractivity contribution in [1.29, 1.82) is 0 Å². The average molecular weight is 526 g/mol. The summed E-state index contributed by atoms with van der Waals surface area (Å²) >= 11 is 6.69. The molecule has 0 bridgehead atoms. The molecule has 0 aliphatic carbocycles. The van der Waals surface area contributed by atoms with Crippen molar-refractivity contribution in [2.45, 2.75) is 18.7 Å². The maximum Gasteiger partial charge on any atom is 0.311 e. The van der Waals surface area contributed by atoms with E-state index in [0.717, 1.165) is 3.57 Å². The van der Waals surface area contributed by atoms with E-state index in [1.807, 2.05) is 6.07 Å². The number of nitrogens with one attached hydrogen (secondary N) is 1. The summed E-state index contributed by atoms with van der Waals surface area (Å²) in [5.41, 5.74) is 4.68. The molecular formula is C15H14BrFIN3O2S. The van der Waals surface area contributed by atoms with Gasteiger partial charge in [-0.25, -0.2) is 9.37 Å². The first-order valence-electron chi connectivity index (χ1n) is 6.96. The highest BCUT2D eigenvalue weighted by atomic mass is 127. The molecule has 0 spiro atoms. The van der Waals surface area contributed by atoms with Crippen molar-refractivity contribution in [2.75, 3.05) is 12.0 Å². The van der Waals surface area contributed by atoms with Crippen molar-refractivity contribution in [1.82, 2.24) is 4.98 Å². The van der Waals surface area contributed by atoms with Crippen LogP contribution in [0.25, 0.3) is 0 Å². The smallest absolute Gasteiger partial charge is 0.311 e. The summed E-state index contributed by atoms with van der Waals surface area (Å²) in [5, 5.41) is 6.84. The molecule has 0 aliphatic heterocycles. The number of halogens is 3. The fourth-order valence-electron chi connectivity index (χ4n) is 1.79. The van der Waals surface area contributed by atoms with Crippen LogP contribution >= 0.6 is 49.9 Å². The molecule has 2 aromatic rings. The Morgan fingerprint density at radius 1 is 1.58 bits per heavy atom. The fourth-order valence-corrected chi connectivity index (χ4v) is 4.35. The summed E-state index contributed by atoms with van der Waals surface area (Å²) < 4.78 is 19.6. The van der Waals surface area contributed by atoms with Gasteiger partial charge in [-0.1, -0.05) is 15.9 Å². The van der Waals surface area contributed by atoms with E-state index in [1.54, 1.807) is 12.3 Å². The van der Waals surface area contributed by atoms with Crippen LogP contribution in [0.3, 0.4) is 0 Å². The first kappa shape index (κ1) is 19.3. The normalized spacial score (nSPS) is 11.0. The Morgan fingerprint density at radius 2 is 2.38 bits per heavy atom. The summed E-state index contributed by atoms with van der Waals surface area (Å²) in [6.07, 6.45) is 1.66. The predicted octanol–water partition coefficient (Wildman–Crippen LogP) is 4.33. The third-order valence-electron chi connectivity index (χ3n) is 2.85. The van der Waals surface area contributed by atoms with E-state index in [2.05, 4.69) is 54.0 Å². The molecule has 0 saturated heterocycles. The number of hydrogen-bond acceptors (Lipinski definition) is 6. The van der Waals surface area contributed by atoms with Gasteiger partial charge < -0.3 is 4.74 Å². The number of esters is 1. The molecule has 128 valence electrons. The van der Waals surface area contributed by atoms with Crippen molar-refractivity contribution < 1.29 is 13.9 Å². The van der Waals surface area contributed by atoms with Crippen LogP contribution in [-0.4, -0.2) is 23.8 Å². The Morgan fingerprint density at radius 3 is 3.04 bits per heavy atom. The van der Waals surface area contributed by atoms with Gasteiger partial charge in [0.2, 0.25) is 5.13 Å². The third-order valence-corrected chi connectivity index (χ3v) is 5.17. The Balaban J connectivity index is 1.97. The van der Waals surface area contributed by atoms with Crippen molar-refractivity contribution in [3.8, 4) is 0 Å². The van der Waals surface area contributed by atoms with Gasteiger partial charge in [0.1, 0.15) is 5.82 Å². The lowest BCUT2D eigenvalue weighted by molar-refractivity contribution is -0.142. The number of nitrogens with zero attached hydrogens (tertiary/aromatic N) is 2. The highest BCUT2D eigenvalue weighted by molar-refractivity contribution is 14.1. The van der Waals surface area contributed by atoms with E-state index in [-0.39, 0.29) is 18.2 Å². The lowest BCUT2D eigenvalue weighted by atomic mass is 10.1. The number of rotatable bonds is 7. The van der Waals surface area contributed by atoms with E-state index in [1.165, 1.54) is 23.6 Å². The summed E-state index contributed by atoms with van der Waals surface area (Å²) in [5.74, 6) is -0.582. The van der Waals surface area contributed by atoms with Crippen LogP contribution in [-0.2, 0) is 21.3 Å². The van der Waals surface area contributed by atoms with Gasteiger partial charge in [0.25, 0.3) is 0 Å². The largest absolute Gasteiger partial charge is 0.466 e. The maximum absolute atomic E-state index is 13.9. The summed E-state index contributed by atoms with van der Waals surface area (Å²) in [6, 6.07) is 3.28. The zero-order valence-electron chi connectivity index (χ0n) is 12.7. The zero-order chi connectivity index (χ0) is 17.5. The van der Waals surface area contributed by atoms with E-state index in [0.29, 0.717) is 33.9 Å². The topological polar surface area (TPSA) is 63.6 Å². The number of thiazole rings is 1. The van der Waals surface area contributed by atoms with Crippen molar-refractivity contribution in [3.63, 3.8) is 0 Å². The van der Waals surface area contributed by atoms with Gasteiger partial charge >= 0.3 is 5.97 Å². The zero-order valence-corrected chi connectivity index (χ0v) is 17.2. The average Bonchev–Trinajstić information content (AvgIpc) is 2.94.